The smallest absolute Gasteiger partial charge is 0.139 e. The molecule has 0 saturated carbocycles. The lowest BCUT2D eigenvalue weighted by molar-refractivity contribution is 0.286. The van der Waals surface area contributed by atoms with Crippen LogP contribution in [-0.2, 0) is 0 Å². The van der Waals surface area contributed by atoms with Crippen molar-refractivity contribution in [3.05, 3.63) is 23.8 Å². The molecule has 5 N–H and O–H groups in total. The third kappa shape index (κ3) is 1.37. The lowest BCUT2D eigenvalue weighted by Crippen LogP contribution is -2.51. The molecule has 16 heavy (non-hydrogen) atoms. The van der Waals surface area contributed by atoms with Crippen LogP contribution in [-0.4, -0.2) is 24.2 Å². The number of fused-ring (bicyclic) bond motifs is 2. The summed E-state index contributed by atoms with van der Waals surface area (Å²) in [6.45, 7) is 1.97. The van der Waals surface area contributed by atoms with Gasteiger partial charge in [-0.05, 0) is 24.6 Å². The van der Waals surface area contributed by atoms with Crippen LogP contribution in [0.15, 0.2) is 18.2 Å². The van der Waals surface area contributed by atoms with Gasteiger partial charge in [-0.25, -0.2) is 0 Å². The molecule has 2 aliphatic rings. The monoisotopic (exact) mass is 219 g/mol. The zero-order valence-electron chi connectivity index (χ0n) is 9.11. The minimum absolute atomic E-state index is 0.0150. The Kier molecular flexibility index (Phi) is 2.26. The highest BCUT2D eigenvalue weighted by molar-refractivity contribution is 5.65. The number of rotatable bonds is 0. The maximum atomic E-state index is 9.83. The fourth-order valence-electron chi connectivity index (χ4n) is 2.85. The second-order valence-corrected chi connectivity index (χ2v) is 4.67. The van der Waals surface area contributed by atoms with E-state index in [0.717, 1.165) is 30.8 Å². The summed E-state index contributed by atoms with van der Waals surface area (Å²) in [4.78, 5) is 0. The molecule has 1 aromatic rings. The molecule has 0 aromatic heterocycles. The van der Waals surface area contributed by atoms with Crippen molar-refractivity contribution in [3.8, 4) is 5.75 Å². The summed E-state index contributed by atoms with van der Waals surface area (Å²) >= 11 is 0. The summed E-state index contributed by atoms with van der Waals surface area (Å²) in [6.07, 6.45) is 1.06. The van der Waals surface area contributed by atoms with Crippen LogP contribution in [0.4, 0.5) is 5.69 Å². The molecule has 1 saturated heterocycles. The molecule has 3 unspecified atom stereocenters. The second-order valence-electron chi connectivity index (χ2n) is 4.67. The van der Waals surface area contributed by atoms with E-state index in [1.165, 1.54) is 0 Å². The first-order chi connectivity index (χ1) is 7.77. The highest BCUT2D eigenvalue weighted by Crippen LogP contribution is 2.41. The third-order valence-electron chi connectivity index (χ3n) is 3.75. The van der Waals surface area contributed by atoms with Crippen molar-refractivity contribution in [1.29, 1.82) is 0 Å². The number of hydrogen-bond donors (Lipinski definition) is 4. The maximum absolute atomic E-state index is 9.83. The van der Waals surface area contributed by atoms with E-state index in [0.29, 0.717) is 17.7 Å². The molecule has 0 radical (unpaired) electrons. The lowest BCUT2D eigenvalue weighted by Gasteiger charge is -2.42. The standard InChI is InChI=1S/C12H17N3O/c13-11-7-2-1-3-10(16)12(7)15-9-4-5-14-6-8(9)11/h1-3,8-9,11,14-16H,4-6,13H2. The second kappa shape index (κ2) is 3.64. The normalized spacial score (nSPS) is 32.4. The molecular formula is C12H17N3O. The van der Waals surface area contributed by atoms with E-state index >= 15 is 0 Å². The molecule has 4 nitrogen and oxygen atoms in total. The Hall–Kier alpha value is -1.26. The van der Waals surface area contributed by atoms with Crippen LogP contribution in [0.25, 0.3) is 0 Å². The Morgan fingerprint density at radius 1 is 1.38 bits per heavy atom. The van der Waals surface area contributed by atoms with Crippen LogP contribution in [0.2, 0.25) is 0 Å². The molecule has 0 spiro atoms. The van der Waals surface area contributed by atoms with Crippen molar-refractivity contribution in [3.63, 3.8) is 0 Å². The predicted octanol–water partition coefficient (Wildman–Crippen LogP) is 0.796. The predicted molar refractivity (Wildman–Crippen MR) is 63.4 cm³/mol. The number of piperidine rings is 1. The molecule has 86 valence electrons. The van der Waals surface area contributed by atoms with Crippen LogP contribution in [0.3, 0.4) is 0 Å². The van der Waals surface area contributed by atoms with E-state index in [1.54, 1.807) is 6.07 Å². The van der Waals surface area contributed by atoms with Gasteiger partial charge in [-0.3, -0.25) is 0 Å². The zero-order valence-corrected chi connectivity index (χ0v) is 9.11. The van der Waals surface area contributed by atoms with Crippen molar-refractivity contribution in [2.24, 2.45) is 11.7 Å². The van der Waals surface area contributed by atoms with Gasteiger partial charge in [0.15, 0.2) is 0 Å². The van der Waals surface area contributed by atoms with Gasteiger partial charge in [-0.2, -0.15) is 0 Å². The Morgan fingerprint density at radius 2 is 2.25 bits per heavy atom. The van der Waals surface area contributed by atoms with Gasteiger partial charge in [0.1, 0.15) is 5.75 Å². The molecule has 1 aromatic carbocycles. The Bertz CT molecular complexity index is 407. The highest BCUT2D eigenvalue weighted by Gasteiger charge is 2.36. The minimum atomic E-state index is 0.0150. The number of hydrogen-bond acceptors (Lipinski definition) is 4. The van der Waals surface area contributed by atoms with E-state index in [2.05, 4.69) is 10.6 Å². The van der Waals surface area contributed by atoms with E-state index in [4.69, 9.17) is 5.73 Å². The number of para-hydroxylation sites is 1. The van der Waals surface area contributed by atoms with Crippen LogP contribution in [0.5, 0.6) is 5.75 Å². The van der Waals surface area contributed by atoms with E-state index in [-0.39, 0.29) is 6.04 Å². The topological polar surface area (TPSA) is 70.3 Å². The van der Waals surface area contributed by atoms with Gasteiger partial charge in [0.2, 0.25) is 0 Å². The SMILES string of the molecule is NC1c2cccc(O)c2NC2CCNCC21. The fourth-order valence-corrected chi connectivity index (χ4v) is 2.85. The van der Waals surface area contributed by atoms with Crippen LogP contribution in [0, 0.1) is 5.92 Å². The van der Waals surface area contributed by atoms with Crippen LogP contribution < -0.4 is 16.4 Å². The summed E-state index contributed by atoms with van der Waals surface area (Å²) in [5.74, 6) is 0.730. The van der Waals surface area contributed by atoms with Crippen molar-refractivity contribution in [2.75, 3.05) is 18.4 Å². The number of benzene rings is 1. The van der Waals surface area contributed by atoms with Gasteiger partial charge in [0.05, 0.1) is 5.69 Å². The number of phenols is 1. The molecule has 3 rings (SSSR count). The van der Waals surface area contributed by atoms with Crippen molar-refractivity contribution >= 4 is 5.69 Å². The first-order valence-corrected chi connectivity index (χ1v) is 5.82. The average Bonchev–Trinajstić information content (AvgIpc) is 2.31. The number of phenolic OH excluding ortho intramolecular Hbond substituents is 1. The zero-order chi connectivity index (χ0) is 11.1. The molecule has 0 bridgehead atoms. The van der Waals surface area contributed by atoms with Gasteiger partial charge in [-0.1, -0.05) is 12.1 Å². The summed E-state index contributed by atoms with van der Waals surface area (Å²) < 4.78 is 0. The Balaban J connectivity index is 2.03. The van der Waals surface area contributed by atoms with Gasteiger partial charge in [-0.15, -0.1) is 0 Å². The fraction of sp³-hybridized carbons (Fsp3) is 0.500. The van der Waals surface area contributed by atoms with Gasteiger partial charge >= 0.3 is 0 Å². The van der Waals surface area contributed by atoms with Crippen molar-refractivity contribution < 1.29 is 5.11 Å². The summed E-state index contributed by atoms with van der Waals surface area (Å²) in [5, 5.41) is 16.6. The summed E-state index contributed by atoms with van der Waals surface area (Å²) in [5.41, 5.74) is 8.14. The Morgan fingerprint density at radius 3 is 3.12 bits per heavy atom. The number of nitrogens with two attached hydrogens (primary N) is 1. The van der Waals surface area contributed by atoms with Gasteiger partial charge in [0.25, 0.3) is 0 Å². The van der Waals surface area contributed by atoms with E-state index in [9.17, 15) is 5.11 Å². The van der Waals surface area contributed by atoms with Crippen LogP contribution >= 0.6 is 0 Å². The quantitative estimate of drug-likeness (QED) is 0.487. The minimum Gasteiger partial charge on any atom is -0.506 e. The highest BCUT2D eigenvalue weighted by atomic mass is 16.3. The number of anilines is 1. The molecular weight excluding hydrogens is 202 g/mol. The molecule has 2 heterocycles. The van der Waals surface area contributed by atoms with Crippen molar-refractivity contribution in [2.45, 2.75) is 18.5 Å². The molecule has 1 fully saturated rings. The van der Waals surface area contributed by atoms with Crippen LogP contribution in [0.1, 0.15) is 18.0 Å². The van der Waals surface area contributed by atoms with E-state index < -0.39 is 0 Å². The van der Waals surface area contributed by atoms with Crippen molar-refractivity contribution in [1.82, 2.24) is 5.32 Å². The molecule has 4 heteroatoms. The number of nitrogens with one attached hydrogen (secondary N) is 2. The van der Waals surface area contributed by atoms with Gasteiger partial charge < -0.3 is 21.5 Å². The number of aromatic hydroxyl groups is 1. The van der Waals surface area contributed by atoms with Gasteiger partial charge in [0, 0.05) is 24.5 Å². The third-order valence-corrected chi connectivity index (χ3v) is 3.75. The molecule has 0 amide bonds. The lowest BCUT2D eigenvalue weighted by atomic mass is 9.80. The summed E-state index contributed by atoms with van der Waals surface area (Å²) in [6, 6.07) is 5.96. The maximum Gasteiger partial charge on any atom is 0.139 e. The summed E-state index contributed by atoms with van der Waals surface area (Å²) in [7, 11) is 0. The van der Waals surface area contributed by atoms with E-state index in [1.807, 2.05) is 12.1 Å². The molecule has 2 aliphatic heterocycles. The Labute approximate surface area is 94.8 Å². The molecule has 3 atom stereocenters. The first kappa shape index (κ1) is 9.93. The largest absolute Gasteiger partial charge is 0.506 e. The molecule has 0 aliphatic carbocycles. The first-order valence-electron chi connectivity index (χ1n) is 5.82. The average molecular weight is 219 g/mol.